The van der Waals surface area contributed by atoms with Crippen molar-refractivity contribution in [2.75, 3.05) is 6.61 Å². The zero-order chi connectivity index (χ0) is 12.1. The fraction of sp³-hybridized carbons (Fsp3) is 0.615. The van der Waals surface area contributed by atoms with Gasteiger partial charge in [0.05, 0.1) is 12.5 Å². The van der Waals surface area contributed by atoms with Gasteiger partial charge in [0, 0.05) is 0 Å². The normalized spacial score (nSPS) is 15.6. The van der Waals surface area contributed by atoms with Gasteiger partial charge >= 0.3 is 5.97 Å². The number of esters is 1. The third-order valence-electron chi connectivity index (χ3n) is 2.74. The number of carbonyl (C=O) groups is 1. The first kappa shape index (κ1) is 13.5. The van der Waals surface area contributed by atoms with Gasteiger partial charge in [0.2, 0.25) is 0 Å². The van der Waals surface area contributed by atoms with E-state index in [-0.39, 0.29) is 11.9 Å². The molecule has 2 nitrogen and oxygen atoms in total. The van der Waals surface area contributed by atoms with Crippen LogP contribution in [0.5, 0.6) is 0 Å². The molecule has 0 saturated heterocycles. The molecule has 1 aliphatic rings. The van der Waals surface area contributed by atoms with Crippen LogP contribution in [0.2, 0.25) is 0 Å². The lowest BCUT2D eigenvalue weighted by atomic mass is 9.96. The summed E-state index contributed by atoms with van der Waals surface area (Å²) >= 11 is 3.32. The van der Waals surface area contributed by atoms with E-state index in [2.05, 4.69) is 29.4 Å². The molecule has 0 aromatic carbocycles. The molecule has 0 aromatic rings. The van der Waals surface area contributed by atoms with Crippen LogP contribution in [0.3, 0.4) is 0 Å². The molecular weight excluding hydrogens is 268 g/mol. The van der Waals surface area contributed by atoms with Gasteiger partial charge in [0.15, 0.2) is 0 Å². The molecule has 90 valence electrons. The van der Waals surface area contributed by atoms with Crippen LogP contribution < -0.4 is 0 Å². The van der Waals surface area contributed by atoms with Crippen LogP contribution in [0.25, 0.3) is 0 Å². The number of ether oxygens (including phenoxy) is 1. The summed E-state index contributed by atoms with van der Waals surface area (Å²) in [6.45, 7) is 8.20. The number of carbonyl (C=O) groups excluding carboxylic acids is 1. The summed E-state index contributed by atoms with van der Waals surface area (Å²) in [4.78, 5) is 11.8. The molecule has 0 N–H and O–H groups in total. The molecule has 0 amide bonds. The summed E-state index contributed by atoms with van der Waals surface area (Å²) in [6.07, 6.45) is 3.87. The monoisotopic (exact) mass is 286 g/mol. The van der Waals surface area contributed by atoms with Gasteiger partial charge in [0.1, 0.15) is 0 Å². The molecule has 0 bridgehead atoms. The van der Waals surface area contributed by atoms with E-state index in [1.54, 1.807) is 0 Å². The van der Waals surface area contributed by atoms with Crippen LogP contribution in [0.15, 0.2) is 22.2 Å². The predicted octanol–water partition coefficient (Wildman–Crippen LogP) is 3.96. The highest BCUT2D eigenvalue weighted by molar-refractivity contribution is 9.11. The molecule has 16 heavy (non-hydrogen) atoms. The second kappa shape index (κ2) is 6.24. The number of hydrogen-bond acceptors (Lipinski definition) is 2. The summed E-state index contributed by atoms with van der Waals surface area (Å²) in [6, 6.07) is 0. The first-order chi connectivity index (χ1) is 7.54. The van der Waals surface area contributed by atoms with E-state index >= 15 is 0 Å². The van der Waals surface area contributed by atoms with Crippen molar-refractivity contribution in [2.24, 2.45) is 5.92 Å². The molecule has 0 aromatic heterocycles. The van der Waals surface area contributed by atoms with Crippen LogP contribution in [0.1, 0.15) is 39.5 Å². The Kier molecular flexibility index (Phi) is 5.26. The van der Waals surface area contributed by atoms with E-state index in [1.807, 2.05) is 6.92 Å². The van der Waals surface area contributed by atoms with Gasteiger partial charge in [-0.2, -0.15) is 0 Å². The van der Waals surface area contributed by atoms with Gasteiger partial charge in [-0.25, -0.2) is 0 Å². The molecular formula is C13H19BrO2. The Bertz CT molecular complexity index is 312. The van der Waals surface area contributed by atoms with Gasteiger partial charge in [-0.1, -0.05) is 33.7 Å². The molecule has 0 spiro atoms. The van der Waals surface area contributed by atoms with Gasteiger partial charge in [-0.3, -0.25) is 4.79 Å². The quantitative estimate of drug-likeness (QED) is 0.546. The van der Waals surface area contributed by atoms with Crippen LogP contribution in [0, 0.1) is 5.92 Å². The maximum Gasteiger partial charge on any atom is 0.309 e. The molecule has 0 heterocycles. The average molecular weight is 287 g/mol. The summed E-state index contributed by atoms with van der Waals surface area (Å²) < 4.78 is 5.94. The summed E-state index contributed by atoms with van der Waals surface area (Å²) in [5.74, 6) is -0.191. The molecule has 1 rings (SSSR count). The van der Waals surface area contributed by atoms with E-state index in [4.69, 9.17) is 4.74 Å². The van der Waals surface area contributed by atoms with E-state index in [1.165, 1.54) is 24.0 Å². The van der Waals surface area contributed by atoms with Crippen LogP contribution in [-0.4, -0.2) is 12.6 Å². The predicted molar refractivity (Wildman–Crippen MR) is 69.4 cm³/mol. The smallest absolute Gasteiger partial charge is 0.309 e. The summed E-state index contributed by atoms with van der Waals surface area (Å²) in [7, 11) is 0. The SMILES string of the molecule is C=C(Br)CC(CC(C)=C1CC1)C(=O)OCC. The number of halogens is 1. The highest BCUT2D eigenvalue weighted by atomic mass is 79.9. The van der Waals surface area contributed by atoms with Crippen molar-refractivity contribution in [1.29, 1.82) is 0 Å². The standard InChI is InChI=1S/C13H19BrO2/c1-4-16-13(15)12(8-10(3)14)7-9(2)11-5-6-11/h12H,3-8H2,1-2H3. The fourth-order valence-electron chi connectivity index (χ4n) is 1.77. The van der Waals surface area contributed by atoms with Crippen LogP contribution >= 0.6 is 15.9 Å². The van der Waals surface area contributed by atoms with Crippen molar-refractivity contribution >= 4 is 21.9 Å². The van der Waals surface area contributed by atoms with Crippen molar-refractivity contribution in [1.82, 2.24) is 0 Å². The average Bonchev–Trinajstić information content (AvgIpc) is 2.99. The summed E-state index contributed by atoms with van der Waals surface area (Å²) in [5.41, 5.74) is 2.86. The topological polar surface area (TPSA) is 26.3 Å². The van der Waals surface area contributed by atoms with Crippen molar-refractivity contribution in [3.63, 3.8) is 0 Å². The lowest BCUT2D eigenvalue weighted by Crippen LogP contribution is -2.18. The minimum atomic E-state index is -0.108. The molecule has 0 radical (unpaired) electrons. The zero-order valence-corrected chi connectivity index (χ0v) is 11.6. The van der Waals surface area contributed by atoms with Crippen molar-refractivity contribution < 1.29 is 9.53 Å². The Labute approximate surface area is 106 Å². The fourth-order valence-corrected chi connectivity index (χ4v) is 2.16. The van der Waals surface area contributed by atoms with E-state index in [0.29, 0.717) is 13.0 Å². The second-order valence-electron chi connectivity index (χ2n) is 4.26. The lowest BCUT2D eigenvalue weighted by Gasteiger charge is -2.15. The van der Waals surface area contributed by atoms with Crippen molar-refractivity contribution in [2.45, 2.75) is 39.5 Å². The number of allylic oxidation sites excluding steroid dienone is 3. The minimum absolute atomic E-state index is 0.0834. The molecule has 1 aliphatic carbocycles. The third-order valence-corrected chi connectivity index (χ3v) is 3.07. The second-order valence-corrected chi connectivity index (χ2v) is 5.38. The highest BCUT2D eigenvalue weighted by Gasteiger charge is 2.23. The zero-order valence-electron chi connectivity index (χ0n) is 10.0. The van der Waals surface area contributed by atoms with Crippen molar-refractivity contribution in [3.8, 4) is 0 Å². The molecule has 1 saturated carbocycles. The Morgan fingerprint density at radius 2 is 2.12 bits per heavy atom. The van der Waals surface area contributed by atoms with Crippen LogP contribution in [0.4, 0.5) is 0 Å². The Morgan fingerprint density at radius 3 is 2.56 bits per heavy atom. The first-order valence-corrected chi connectivity index (χ1v) is 6.51. The van der Waals surface area contributed by atoms with Gasteiger partial charge in [-0.05, 0) is 44.0 Å². The largest absolute Gasteiger partial charge is 0.466 e. The maximum atomic E-state index is 11.8. The lowest BCUT2D eigenvalue weighted by molar-refractivity contribution is -0.147. The first-order valence-electron chi connectivity index (χ1n) is 5.72. The molecule has 1 unspecified atom stereocenters. The van der Waals surface area contributed by atoms with E-state index < -0.39 is 0 Å². The Morgan fingerprint density at radius 1 is 1.50 bits per heavy atom. The number of hydrogen-bond donors (Lipinski definition) is 0. The highest BCUT2D eigenvalue weighted by Crippen LogP contribution is 2.35. The molecule has 3 heteroatoms. The number of rotatable bonds is 6. The molecule has 0 aliphatic heterocycles. The molecule has 1 fully saturated rings. The van der Waals surface area contributed by atoms with E-state index in [0.717, 1.165) is 10.9 Å². The van der Waals surface area contributed by atoms with Gasteiger partial charge < -0.3 is 4.74 Å². The van der Waals surface area contributed by atoms with Crippen LogP contribution in [-0.2, 0) is 9.53 Å². The van der Waals surface area contributed by atoms with Crippen molar-refractivity contribution in [3.05, 3.63) is 22.2 Å². The Balaban J connectivity index is 2.59. The third kappa shape index (κ3) is 4.52. The Hall–Kier alpha value is -0.570. The molecule has 1 atom stereocenters. The minimum Gasteiger partial charge on any atom is -0.466 e. The van der Waals surface area contributed by atoms with Gasteiger partial charge in [-0.15, -0.1) is 0 Å². The maximum absolute atomic E-state index is 11.8. The summed E-state index contributed by atoms with van der Waals surface area (Å²) in [5, 5.41) is 0. The van der Waals surface area contributed by atoms with E-state index in [9.17, 15) is 4.79 Å². The van der Waals surface area contributed by atoms with Gasteiger partial charge in [0.25, 0.3) is 0 Å².